The van der Waals surface area contributed by atoms with Crippen molar-refractivity contribution < 1.29 is 9.47 Å². The van der Waals surface area contributed by atoms with Crippen LogP contribution >= 0.6 is 0 Å². The lowest BCUT2D eigenvalue weighted by molar-refractivity contribution is 0.0645. The standard InChI is InChI=1S/C13H29NO2/c1-5-7-8-13(6-2,12-16-4)11-14-9-10-15-3/h14H,5-12H2,1-4H3. The van der Waals surface area contributed by atoms with Crippen molar-refractivity contribution in [1.82, 2.24) is 5.32 Å². The van der Waals surface area contributed by atoms with E-state index in [1.165, 1.54) is 25.7 Å². The van der Waals surface area contributed by atoms with Crippen molar-refractivity contribution in [3.63, 3.8) is 0 Å². The van der Waals surface area contributed by atoms with Gasteiger partial charge in [-0.1, -0.05) is 26.7 Å². The van der Waals surface area contributed by atoms with Gasteiger partial charge in [0.05, 0.1) is 13.2 Å². The first-order valence-electron chi connectivity index (χ1n) is 6.43. The van der Waals surface area contributed by atoms with Crippen LogP contribution in [0.5, 0.6) is 0 Å². The van der Waals surface area contributed by atoms with Crippen molar-refractivity contribution >= 4 is 0 Å². The van der Waals surface area contributed by atoms with Crippen LogP contribution in [0, 0.1) is 5.41 Å². The lowest BCUT2D eigenvalue weighted by atomic mass is 9.81. The first kappa shape index (κ1) is 15.9. The quantitative estimate of drug-likeness (QED) is 0.554. The third-order valence-corrected chi connectivity index (χ3v) is 3.24. The number of hydrogen-bond acceptors (Lipinski definition) is 3. The summed E-state index contributed by atoms with van der Waals surface area (Å²) in [4.78, 5) is 0. The Morgan fingerprint density at radius 2 is 1.88 bits per heavy atom. The Morgan fingerprint density at radius 1 is 1.12 bits per heavy atom. The van der Waals surface area contributed by atoms with Crippen LogP contribution in [0.15, 0.2) is 0 Å². The fourth-order valence-corrected chi connectivity index (χ4v) is 2.00. The SMILES string of the molecule is CCCCC(CC)(CNCCOC)COC. The molecule has 0 aliphatic carbocycles. The number of methoxy groups -OCH3 is 2. The molecule has 0 aliphatic heterocycles. The molecule has 0 aliphatic rings. The van der Waals surface area contributed by atoms with Gasteiger partial charge in [0, 0.05) is 32.7 Å². The molecule has 3 nitrogen and oxygen atoms in total. The van der Waals surface area contributed by atoms with Gasteiger partial charge in [-0.25, -0.2) is 0 Å². The molecule has 0 saturated carbocycles. The predicted octanol–water partition coefficient (Wildman–Crippen LogP) is 2.46. The summed E-state index contributed by atoms with van der Waals surface area (Å²) >= 11 is 0. The van der Waals surface area contributed by atoms with Gasteiger partial charge in [-0.05, 0) is 12.8 Å². The van der Waals surface area contributed by atoms with Crippen molar-refractivity contribution in [2.45, 2.75) is 39.5 Å². The molecule has 3 heteroatoms. The second kappa shape index (κ2) is 10.1. The van der Waals surface area contributed by atoms with Crippen LogP contribution in [0.2, 0.25) is 0 Å². The highest BCUT2D eigenvalue weighted by atomic mass is 16.5. The number of ether oxygens (including phenoxy) is 2. The Bertz CT molecular complexity index is 153. The molecule has 0 amide bonds. The number of rotatable bonds is 11. The van der Waals surface area contributed by atoms with E-state index in [1.54, 1.807) is 14.2 Å². The van der Waals surface area contributed by atoms with E-state index < -0.39 is 0 Å². The van der Waals surface area contributed by atoms with E-state index in [1.807, 2.05) is 0 Å². The van der Waals surface area contributed by atoms with Crippen molar-refractivity contribution in [3.8, 4) is 0 Å². The third-order valence-electron chi connectivity index (χ3n) is 3.24. The lowest BCUT2D eigenvalue weighted by Gasteiger charge is -2.32. The molecule has 0 spiro atoms. The van der Waals surface area contributed by atoms with Gasteiger partial charge in [-0.15, -0.1) is 0 Å². The van der Waals surface area contributed by atoms with Gasteiger partial charge >= 0.3 is 0 Å². The van der Waals surface area contributed by atoms with E-state index in [-0.39, 0.29) is 0 Å². The van der Waals surface area contributed by atoms with E-state index in [0.29, 0.717) is 5.41 Å². The van der Waals surface area contributed by atoms with E-state index in [9.17, 15) is 0 Å². The van der Waals surface area contributed by atoms with Gasteiger partial charge in [0.1, 0.15) is 0 Å². The Balaban J connectivity index is 4.04. The first-order valence-corrected chi connectivity index (χ1v) is 6.43. The summed E-state index contributed by atoms with van der Waals surface area (Å²) in [6.07, 6.45) is 4.95. The maximum atomic E-state index is 5.38. The summed E-state index contributed by atoms with van der Waals surface area (Å²) < 4.78 is 10.4. The smallest absolute Gasteiger partial charge is 0.0587 e. The van der Waals surface area contributed by atoms with Crippen molar-refractivity contribution in [2.24, 2.45) is 5.41 Å². The topological polar surface area (TPSA) is 30.5 Å². The van der Waals surface area contributed by atoms with Gasteiger partial charge < -0.3 is 14.8 Å². The minimum absolute atomic E-state index is 0.304. The first-order chi connectivity index (χ1) is 7.74. The summed E-state index contributed by atoms with van der Waals surface area (Å²) in [6, 6.07) is 0. The third kappa shape index (κ3) is 6.46. The molecule has 0 radical (unpaired) electrons. The maximum Gasteiger partial charge on any atom is 0.0587 e. The highest BCUT2D eigenvalue weighted by Crippen LogP contribution is 2.28. The Morgan fingerprint density at radius 3 is 2.38 bits per heavy atom. The molecule has 0 saturated heterocycles. The molecular weight excluding hydrogens is 202 g/mol. The fraction of sp³-hybridized carbons (Fsp3) is 1.00. The van der Waals surface area contributed by atoms with E-state index >= 15 is 0 Å². The molecule has 16 heavy (non-hydrogen) atoms. The largest absolute Gasteiger partial charge is 0.384 e. The van der Waals surface area contributed by atoms with Crippen molar-refractivity contribution in [3.05, 3.63) is 0 Å². The molecule has 1 N–H and O–H groups in total. The van der Waals surface area contributed by atoms with Crippen LogP contribution in [-0.4, -0.2) is 40.5 Å². The predicted molar refractivity (Wildman–Crippen MR) is 68.9 cm³/mol. The van der Waals surface area contributed by atoms with Gasteiger partial charge in [-0.2, -0.15) is 0 Å². The summed E-state index contributed by atoms with van der Waals surface area (Å²) in [7, 11) is 3.53. The van der Waals surface area contributed by atoms with E-state index in [4.69, 9.17) is 9.47 Å². The average molecular weight is 231 g/mol. The van der Waals surface area contributed by atoms with Crippen LogP contribution < -0.4 is 5.32 Å². The second-order valence-electron chi connectivity index (χ2n) is 4.56. The van der Waals surface area contributed by atoms with Gasteiger partial charge in [0.25, 0.3) is 0 Å². The summed E-state index contributed by atoms with van der Waals surface area (Å²) in [5, 5.41) is 3.47. The zero-order chi connectivity index (χ0) is 12.3. The number of unbranched alkanes of at least 4 members (excludes halogenated alkanes) is 1. The molecule has 0 rings (SSSR count). The normalized spacial score (nSPS) is 15.0. The zero-order valence-corrected chi connectivity index (χ0v) is 11.5. The summed E-state index contributed by atoms with van der Waals surface area (Å²) in [6.45, 7) is 8.08. The van der Waals surface area contributed by atoms with Gasteiger partial charge in [0.15, 0.2) is 0 Å². The molecule has 0 fully saturated rings. The molecule has 1 atom stereocenters. The number of hydrogen-bond donors (Lipinski definition) is 1. The molecule has 0 heterocycles. The van der Waals surface area contributed by atoms with Crippen molar-refractivity contribution in [1.29, 1.82) is 0 Å². The highest BCUT2D eigenvalue weighted by Gasteiger charge is 2.26. The summed E-state index contributed by atoms with van der Waals surface area (Å²) in [5.41, 5.74) is 0.304. The highest BCUT2D eigenvalue weighted by molar-refractivity contribution is 4.80. The second-order valence-corrected chi connectivity index (χ2v) is 4.56. The van der Waals surface area contributed by atoms with Crippen LogP contribution in [0.1, 0.15) is 39.5 Å². The number of nitrogens with one attached hydrogen (secondary N) is 1. The maximum absolute atomic E-state index is 5.38. The molecular formula is C13H29NO2. The Hall–Kier alpha value is -0.120. The molecule has 0 aromatic rings. The van der Waals surface area contributed by atoms with Gasteiger partial charge in [-0.3, -0.25) is 0 Å². The van der Waals surface area contributed by atoms with Crippen LogP contribution in [0.4, 0.5) is 0 Å². The van der Waals surface area contributed by atoms with Gasteiger partial charge in [0.2, 0.25) is 0 Å². The molecule has 0 aromatic carbocycles. The van der Waals surface area contributed by atoms with Crippen LogP contribution in [0.25, 0.3) is 0 Å². The molecule has 0 bridgehead atoms. The van der Waals surface area contributed by atoms with Crippen molar-refractivity contribution in [2.75, 3.05) is 40.5 Å². The monoisotopic (exact) mass is 231 g/mol. The molecule has 1 unspecified atom stereocenters. The fourth-order valence-electron chi connectivity index (χ4n) is 2.00. The van der Waals surface area contributed by atoms with E-state index in [2.05, 4.69) is 19.2 Å². The average Bonchev–Trinajstić information content (AvgIpc) is 2.31. The Labute approximate surface area is 101 Å². The molecule has 98 valence electrons. The minimum Gasteiger partial charge on any atom is -0.384 e. The zero-order valence-electron chi connectivity index (χ0n) is 11.5. The van der Waals surface area contributed by atoms with Crippen LogP contribution in [0.3, 0.4) is 0 Å². The molecule has 0 aromatic heterocycles. The Kier molecular flexibility index (Phi) is 9.99. The van der Waals surface area contributed by atoms with Crippen LogP contribution in [-0.2, 0) is 9.47 Å². The summed E-state index contributed by atoms with van der Waals surface area (Å²) in [5.74, 6) is 0. The lowest BCUT2D eigenvalue weighted by Crippen LogP contribution is -2.38. The minimum atomic E-state index is 0.304. The van der Waals surface area contributed by atoms with E-state index in [0.717, 1.165) is 26.3 Å².